The molecule has 3 aliphatic rings. The molecule has 3 aliphatic carbocycles. The molecule has 0 saturated heterocycles. The van der Waals surface area contributed by atoms with Gasteiger partial charge in [-0.25, -0.2) is 0 Å². The van der Waals surface area contributed by atoms with E-state index in [1.54, 1.807) is 0 Å². The Hall–Kier alpha value is -2.79. The number of fused-ring (bicyclic) bond motifs is 2. The highest BCUT2D eigenvalue weighted by molar-refractivity contribution is 5.91. The summed E-state index contributed by atoms with van der Waals surface area (Å²) in [4.78, 5) is 13.6. The van der Waals surface area contributed by atoms with Gasteiger partial charge < -0.3 is 20.9 Å². The summed E-state index contributed by atoms with van der Waals surface area (Å²) in [5, 5.41) is 14.2. The number of ether oxygens (including phenoxy) is 1. The average Bonchev–Trinajstić information content (AvgIpc) is 3.70. The van der Waals surface area contributed by atoms with Crippen molar-refractivity contribution in [3.8, 4) is 5.75 Å². The van der Waals surface area contributed by atoms with Gasteiger partial charge in [0.2, 0.25) is 5.91 Å². The van der Waals surface area contributed by atoms with Crippen molar-refractivity contribution < 1.29 is 41.0 Å². The number of nitrogens with two attached hydrogens (primary N) is 1. The van der Waals surface area contributed by atoms with Crippen LogP contribution < -0.4 is 15.8 Å². The van der Waals surface area contributed by atoms with Gasteiger partial charge in [0.05, 0.1) is 23.1 Å². The fourth-order valence-corrected chi connectivity index (χ4v) is 7.36. The minimum Gasteiger partial charge on any atom is -0.406 e. The lowest BCUT2D eigenvalue weighted by atomic mass is 9.74. The third-order valence-electron chi connectivity index (χ3n) is 9.71. The summed E-state index contributed by atoms with van der Waals surface area (Å²) in [5.74, 6) is 1.03. The first-order valence-corrected chi connectivity index (χ1v) is 15.0. The summed E-state index contributed by atoms with van der Waals surface area (Å²) in [6.07, 6.45) is -2.61. The number of halogens is 6. The number of rotatable bonds is 11. The minimum absolute atomic E-state index is 0.128. The molecule has 5 nitrogen and oxygen atoms in total. The molecule has 0 heterocycles. The van der Waals surface area contributed by atoms with Crippen molar-refractivity contribution in [2.24, 2.45) is 23.5 Å². The Labute approximate surface area is 247 Å². The molecule has 4 N–H and O–H groups in total. The first-order chi connectivity index (χ1) is 20.2. The molecule has 1 amide bonds. The fraction of sp³-hybridized carbons (Fsp3) is 0.594. The van der Waals surface area contributed by atoms with Crippen LogP contribution in [0.5, 0.6) is 5.75 Å². The maximum Gasteiger partial charge on any atom is 0.573 e. The van der Waals surface area contributed by atoms with Gasteiger partial charge >= 0.3 is 12.5 Å². The molecule has 5 rings (SSSR count). The first kappa shape index (κ1) is 31.6. The van der Waals surface area contributed by atoms with Crippen molar-refractivity contribution in [3.63, 3.8) is 0 Å². The summed E-state index contributed by atoms with van der Waals surface area (Å²) >= 11 is 0. The van der Waals surface area contributed by atoms with E-state index in [9.17, 15) is 36.2 Å². The molecular formula is C32H38F6N2O3. The zero-order valence-electron chi connectivity index (χ0n) is 23.8. The highest BCUT2D eigenvalue weighted by atomic mass is 19.4. The van der Waals surface area contributed by atoms with Crippen molar-refractivity contribution in [3.05, 3.63) is 65.2 Å². The van der Waals surface area contributed by atoms with Crippen LogP contribution in [0.2, 0.25) is 0 Å². The lowest BCUT2D eigenvalue weighted by molar-refractivity contribution is -0.274. The van der Waals surface area contributed by atoms with E-state index >= 15 is 0 Å². The van der Waals surface area contributed by atoms with E-state index in [4.69, 9.17) is 5.73 Å². The SMILES string of the molecule is NC1CC2CCC(C1)C2CCCC(O)C(Cc1ccc(C(F)(F)F)cc1)NC(=O)C1(c2ccc(OC(F)(F)F)cc2)CC1. The predicted molar refractivity (Wildman–Crippen MR) is 148 cm³/mol. The zero-order valence-corrected chi connectivity index (χ0v) is 23.8. The van der Waals surface area contributed by atoms with E-state index < -0.39 is 41.4 Å². The second-order valence-corrected chi connectivity index (χ2v) is 12.6. The van der Waals surface area contributed by atoms with Crippen LogP contribution >= 0.6 is 0 Å². The van der Waals surface area contributed by atoms with Gasteiger partial charge in [0, 0.05) is 6.04 Å². The molecule has 0 aliphatic heterocycles. The molecule has 43 heavy (non-hydrogen) atoms. The van der Waals surface area contributed by atoms with Crippen LogP contribution in [0, 0.1) is 17.8 Å². The van der Waals surface area contributed by atoms with E-state index in [1.807, 2.05) is 0 Å². The summed E-state index contributed by atoms with van der Waals surface area (Å²) in [6.45, 7) is 0. The maximum atomic E-state index is 13.6. The second kappa shape index (κ2) is 12.3. The Morgan fingerprint density at radius 2 is 1.58 bits per heavy atom. The highest BCUT2D eigenvalue weighted by Crippen LogP contribution is 2.50. The summed E-state index contributed by atoms with van der Waals surface area (Å²) < 4.78 is 80.9. The van der Waals surface area contributed by atoms with E-state index in [2.05, 4.69) is 10.1 Å². The molecule has 236 valence electrons. The van der Waals surface area contributed by atoms with Crippen LogP contribution in [-0.4, -0.2) is 35.6 Å². The molecular weight excluding hydrogens is 574 g/mol. The molecule has 2 aromatic rings. The van der Waals surface area contributed by atoms with Gasteiger partial charge in [-0.1, -0.05) is 30.7 Å². The van der Waals surface area contributed by atoms with Crippen molar-refractivity contribution in [1.82, 2.24) is 5.32 Å². The number of nitrogens with one attached hydrogen (secondary N) is 1. The lowest BCUT2D eigenvalue weighted by Crippen LogP contribution is -2.48. The quantitative estimate of drug-likeness (QED) is 0.248. The number of hydrogen-bond donors (Lipinski definition) is 3. The molecule has 0 spiro atoms. The van der Waals surface area contributed by atoms with Gasteiger partial charge in [-0.05, 0) is 111 Å². The first-order valence-electron chi connectivity index (χ1n) is 15.0. The van der Waals surface area contributed by atoms with Crippen molar-refractivity contribution in [2.45, 2.75) is 100 Å². The minimum atomic E-state index is -4.83. The number of aliphatic hydroxyl groups excluding tert-OH is 1. The van der Waals surface area contributed by atoms with Gasteiger partial charge in [-0.2, -0.15) is 13.2 Å². The largest absolute Gasteiger partial charge is 0.573 e. The third-order valence-corrected chi connectivity index (χ3v) is 9.71. The molecule has 3 fully saturated rings. The van der Waals surface area contributed by atoms with Crippen molar-refractivity contribution in [2.75, 3.05) is 0 Å². The van der Waals surface area contributed by atoms with Crippen LogP contribution in [0.15, 0.2) is 48.5 Å². The summed E-state index contributed by atoms with van der Waals surface area (Å²) in [5.41, 5.74) is 5.55. The fourth-order valence-electron chi connectivity index (χ4n) is 7.36. The molecule has 0 radical (unpaired) electrons. The van der Waals surface area contributed by atoms with E-state index in [-0.39, 0.29) is 18.4 Å². The zero-order chi connectivity index (χ0) is 31.0. The predicted octanol–water partition coefficient (Wildman–Crippen LogP) is 6.66. The van der Waals surface area contributed by atoms with Gasteiger partial charge in [-0.15, -0.1) is 13.2 Å². The van der Waals surface area contributed by atoms with Crippen molar-refractivity contribution in [1.29, 1.82) is 0 Å². The Bertz CT molecular complexity index is 1230. The molecule has 11 heteroatoms. The smallest absolute Gasteiger partial charge is 0.406 e. The number of carbonyl (C=O) groups is 1. The third kappa shape index (κ3) is 7.66. The van der Waals surface area contributed by atoms with E-state index in [0.29, 0.717) is 48.1 Å². The number of carbonyl (C=O) groups excluding carboxylic acids is 1. The Morgan fingerprint density at radius 1 is 0.977 bits per heavy atom. The summed E-state index contributed by atoms with van der Waals surface area (Å²) in [7, 11) is 0. The van der Waals surface area contributed by atoms with Crippen LogP contribution in [-0.2, 0) is 22.8 Å². The number of alkyl halides is 6. The van der Waals surface area contributed by atoms with Crippen LogP contribution in [0.25, 0.3) is 0 Å². The standard InChI is InChI=1S/C32H38F6N2O3/c33-31(34,35)23-8-4-19(5-9-23)16-27(28(41)3-1-2-26-20-6-7-21(26)18-24(39)17-20)40-29(42)30(14-15-30)22-10-12-25(13-11-22)43-32(36,37)38/h4-5,8-13,20-21,24,26-28,41H,1-3,6-7,14-18,39H2,(H,40,42). The molecule has 4 unspecified atom stereocenters. The number of benzene rings is 2. The Morgan fingerprint density at radius 3 is 2.12 bits per heavy atom. The topological polar surface area (TPSA) is 84.6 Å². The normalized spacial score (nSPS) is 26.0. The molecule has 0 aromatic heterocycles. The monoisotopic (exact) mass is 612 g/mol. The van der Waals surface area contributed by atoms with Gasteiger partial charge in [0.15, 0.2) is 0 Å². The van der Waals surface area contributed by atoms with Gasteiger partial charge in [0.25, 0.3) is 0 Å². The number of hydrogen-bond acceptors (Lipinski definition) is 4. The Kier molecular flexibility index (Phi) is 9.05. The number of aliphatic hydroxyl groups is 1. The second-order valence-electron chi connectivity index (χ2n) is 12.6. The Balaban J connectivity index is 1.26. The molecule has 4 atom stereocenters. The number of amides is 1. The van der Waals surface area contributed by atoms with Crippen LogP contribution in [0.4, 0.5) is 26.3 Å². The maximum absolute atomic E-state index is 13.6. The average molecular weight is 613 g/mol. The van der Waals surface area contributed by atoms with Crippen molar-refractivity contribution >= 4 is 5.91 Å². The molecule has 2 aromatic carbocycles. The van der Waals surface area contributed by atoms with Crippen LogP contribution in [0.3, 0.4) is 0 Å². The van der Waals surface area contributed by atoms with Gasteiger partial charge in [0.1, 0.15) is 5.75 Å². The molecule has 2 bridgehead atoms. The van der Waals surface area contributed by atoms with Gasteiger partial charge in [-0.3, -0.25) is 4.79 Å². The van der Waals surface area contributed by atoms with Crippen LogP contribution in [0.1, 0.15) is 74.5 Å². The highest BCUT2D eigenvalue weighted by Gasteiger charge is 2.52. The van der Waals surface area contributed by atoms with E-state index in [1.165, 1.54) is 37.1 Å². The molecule has 3 saturated carbocycles. The summed E-state index contributed by atoms with van der Waals surface area (Å²) in [6, 6.07) is 9.35. The lowest BCUT2D eigenvalue weighted by Gasteiger charge is -2.34. The van der Waals surface area contributed by atoms with E-state index in [0.717, 1.165) is 49.9 Å².